The molecule has 0 spiro atoms. The van der Waals surface area contributed by atoms with Crippen molar-refractivity contribution < 1.29 is 0 Å². The van der Waals surface area contributed by atoms with Gasteiger partial charge in [0.05, 0.1) is 17.2 Å². The van der Waals surface area contributed by atoms with Crippen LogP contribution in [-0.4, -0.2) is 52.5 Å². The zero-order valence-corrected chi connectivity index (χ0v) is 21.7. The second-order valence-electron chi connectivity index (χ2n) is 9.47. The molecule has 4 aromatic rings. The number of benzene rings is 2. The van der Waals surface area contributed by atoms with Gasteiger partial charge in [-0.3, -0.25) is 4.90 Å². The average molecular weight is 507 g/mol. The summed E-state index contributed by atoms with van der Waals surface area (Å²) in [6.45, 7) is 6.53. The molecule has 37 heavy (non-hydrogen) atoms. The highest BCUT2D eigenvalue weighted by atomic mass is 32.2. The lowest BCUT2D eigenvalue weighted by atomic mass is 10.1. The van der Waals surface area contributed by atoms with Crippen LogP contribution >= 0.6 is 11.8 Å². The van der Waals surface area contributed by atoms with Crippen LogP contribution in [0.25, 0.3) is 10.9 Å². The molecule has 1 aliphatic rings. The molecular weight excluding hydrogens is 476 g/mol. The molecule has 5 rings (SSSR count). The highest BCUT2D eigenvalue weighted by molar-refractivity contribution is 7.99. The Morgan fingerprint density at radius 3 is 2.51 bits per heavy atom. The van der Waals surface area contributed by atoms with Crippen molar-refractivity contribution in [1.82, 2.24) is 19.8 Å². The molecule has 0 unspecified atom stereocenters. The quantitative estimate of drug-likeness (QED) is 0.298. The number of H-pyrrole nitrogens is 1. The van der Waals surface area contributed by atoms with Crippen LogP contribution in [0.4, 0.5) is 0 Å². The summed E-state index contributed by atoms with van der Waals surface area (Å²) in [5, 5.41) is 20.4. The summed E-state index contributed by atoms with van der Waals surface area (Å²) >= 11 is 1.54. The van der Waals surface area contributed by atoms with Gasteiger partial charge < -0.3 is 9.88 Å². The zero-order valence-electron chi connectivity index (χ0n) is 20.9. The van der Waals surface area contributed by atoms with Crippen LogP contribution in [0.1, 0.15) is 35.1 Å². The third kappa shape index (κ3) is 6.39. The fraction of sp³-hybridized carbons (Fsp3) is 0.300. The lowest BCUT2D eigenvalue weighted by molar-refractivity contribution is 0.125. The smallest absolute Gasteiger partial charge is 0.119 e. The van der Waals surface area contributed by atoms with Gasteiger partial charge in [-0.05, 0) is 79.4 Å². The molecular formula is C30H30N6S. The summed E-state index contributed by atoms with van der Waals surface area (Å²) in [7, 11) is 0. The van der Waals surface area contributed by atoms with Gasteiger partial charge in [0.25, 0.3) is 0 Å². The lowest BCUT2D eigenvalue weighted by Crippen LogP contribution is -2.46. The molecule has 0 amide bonds. The number of fused-ring (bicyclic) bond motifs is 1. The molecule has 2 aromatic carbocycles. The number of aromatic amines is 1. The normalized spacial score (nSPS) is 14.4. The van der Waals surface area contributed by atoms with Gasteiger partial charge in [0.2, 0.25) is 0 Å². The highest BCUT2D eigenvalue weighted by Crippen LogP contribution is 2.28. The van der Waals surface area contributed by atoms with Gasteiger partial charge >= 0.3 is 0 Å². The van der Waals surface area contributed by atoms with Gasteiger partial charge in [0.1, 0.15) is 11.1 Å². The Morgan fingerprint density at radius 1 is 0.919 bits per heavy atom. The van der Waals surface area contributed by atoms with E-state index in [0.29, 0.717) is 5.56 Å². The van der Waals surface area contributed by atoms with Crippen LogP contribution in [0.5, 0.6) is 0 Å². The first-order valence-electron chi connectivity index (χ1n) is 12.8. The van der Waals surface area contributed by atoms with Gasteiger partial charge in [0, 0.05) is 60.9 Å². The predicted octanol–water partition coefficient (Wildman–Crippen LogP) is 5.60. The van der Waals surface area contributed by atoms with E-state index in [4.69, 9.17) is 0 Å². The van der Waals surface area contributed by atoms with Crippen molar-refractivity contribution in [1.29, 1.82) is 10.5 Å². The topological polar surface area (TPSA) is 82.7 Å². The summed E-state index contributed by atoms with van der Waals surface area (Å²) in [6.07, 6.45) is 7.21. The van der Waals surface area contributed by atoms with E-state index in [1.54, 1.807) is 18.3 Å². The zero-order chi connectivity index (χ0) is 25.5. The number of unbranched alkanes of at least 4 members (excludes halogenated alkanes) is 1. The van der Waals surface area contributed by atoms with Gasteiger partial charge in [-0.25, -0.2) is 4.98 Å². The van der Waals surface area contributed by atoms with Crippen LogP contribution in [0.2, 0.25) is 0 Å². The fourth-order valence-electron chi connectivity index (χ4n) is 4.87. The number of aryl methyl sites for hydroxylation is 1. The molecule has 0 aliphatic carbocycles. The summed E-state index contributed by atoms with van der Waals surface area (Å²) < 4.78 is 0. The van der Waals surface area contributed by atoms with Gasteiger partial charge in [-0.1, -0.05) is 23.9 Å². The monoisotopic (exact) mass is 506 g/mol. The van der Waals surface area contributed by atoms with Crippen molar-refractivity contribution in [3.8, 4) is 12.1 Å². The first-order valence-corrected chi connectivity index (χ1v) is 13.6. The third-order valence-corrected chi connectivity index (χ3v) is 7.99. The summed E-state index contributed by atoms with van der Waals surface area (Å²) in [5.74, 6) is 0. The number of rotatable bonds is 9. The van der Waals surface area contributed by atoms with Crippen LogP contribution in [0, 0.1) is 22.7 Å². The lowest BCUT2D eigenvalue weighted by Gasteiger charge is -2.34. The number of pyridine rings is 1. The van der Waals surface area contributed by atoms with Crippen molar-refractivity contribution in [2.45, 2.75) is 35.7 Å². The van der Waals surface area contributed by atoms with Crippen LogP contribution < -0.4 is 0 Å². The maximum Gasteiger partial charge on any atom is 0.119 e. The molecule has 6 nitrogen and oxygen atoms in total. The number of piperazine rings is 1. The first-order chi connectivity index (χ1) is 18.2. The maximum atomic E-state index is 9.27. The molecule has 3 heterocycles. The average Bonchev–Trinajstić information content (AvgIpc) is 3.35. The Hall–Kier alpha value is -3.62. The molecule has 0 saturated carbocycles. The number of aromatic nitrogens is 2. The third-order valence-electron chi connectivity index (χ3n) is 6.97. The summed E-state index contributed by atoms with van der Waals surface area (Å²) in [4.78, 5) is 13.9. The fourth-order valence-corrected chi connectivity index (χ4v) is 5.70. The molecule has 1 fully saturated rings. The Balaban J connectivity index is 1.03. The first kappa shape index (κ1) is 25.0. The van der Waals surface area contributed by atoms with E-state index in [-0.39, 0.29) is 0 Å². The summed E-state index contributed by atoms with van der Waals surface area (Å²) in [5.41, 5.74) is 5.07. The van der Waals surface area contributed by atoms with Gasteiger partial charge in [-0.15, -0.1) is 0 Å². The molecule has 7 heteroatoms. The molecule has 0 bridgehead atoms. The maximum absolute atomic E-state index is 9.27. The number of nitrogens with one attached hydrogen (secondary N) is 1. The second kappa shape index (κ2) is 12.1. The van der Waals surface area contributed by atoms with E-state index in [1.807, 2.05) is 18.2 Å². The largest absolute Gasteiger partial charge is 0.361 e. The van der Waals surface area contributed by atoms with Crippen molar-refractivity contribution in [3.63, 3.8) is 0 Å². The van der Waals surface area contributed by atoms with Crippen molar-refractivity contribution in [2.24, 2.45) is 0 Å². The van der Waals surface area contributed by atoms with Crippen molar-refractivity contribution >= 4 is 22.7 Å². The van der Waals surface area contributed by atoms with E-state index < -0.39 is 0 Å². The molecule has 1 aliphatic heterocycles. The molecule has 186 valence electrons. The van der Waals surface area contributed by atoms with Gasteiger partial charge in [-0.2, -0.15) is 10.5 Å². The van der Waals surface area contributed by atoms with Crippen LogP contribution in [0.15, 0.2) is 76.9 Å². The highest BCUT2D eigenvalue weighted by Gasteiger charge is 2.17. The SMILES string of the molecule is N#Cc1ccc2[nH]cc(CCCCN3CCN(Cc4ccc(Sc5ncccc5C#N)cc4)CC3)c2c1. The van der Waals surface area contributed by atoms with Crippen molar-refractivity contribution in [3.05, 3.63) is 89.2 Å². The van der Waals surface area contributed by atoms with E-state index >= 15 is 0 Å². The van der Waals surface area contributed by atoms with Gasteiger partial charge in [0.15, 0.2) is 0 Å². The minimum Gasteiger partial charge on any atom is -0.361 e. The molecule has 2 aromatic heterocycles. The van der Waals surface area contributed by atoms with E-state index in [2.05, 4.69) is 62.4 Å². The predicted molar refractivity (Wildman–Crippen MR) is 147 cm³/mol. The van der Waals surface area contributed by atoms with Crippen LogP contribution in [-0.2, 0) is 13.0 Å². The second-order valence-corrected chi connectivity index (χ2v) is 10.5. The number of nitrogens with zero attached hydrogens (tertiary/aromatic N) is 5. The molecule has 1 N–H and O–H groups in total. The minimum absolute atomic E-state index is 0.613. The van der Waals surface area contributed by atoms with E-state index in [1.165, 1.54) is 34.7 Å². The van der Waals surface area contributed by atoms with E-state index in [9.17, 15) is 10.5 Å². The Kier molecular flexibility index (Phi) is 8.18. The van der Waals surface area contributed by atoms with Crippen LogP contribution in [0.3, 0.4) is 0 Å². The van der Waals surface area contributed by atoms with Crippen molar-refractivity contribution in [2.75, 3.05) is 32.7 Å². The Labute approximate surface area is 222 Å². The summed E-state index contributed by atoms with van der Waals surface area (Å²) in [6, 6.07) is 22.5. The standard InChI is InChI=1S/C30H30N6S/c31-19-24-8-11-29-28(18-24)26(21-34-29)4-1-2-13-35-14-16-36(17-15-35)22-23-6-9-27(10-7-23)37-30-25(20-32)5-3-12-33-30/h3,5-12,18,21,34H,1-2,4,13-17,22H2. The molecule has 1 saturated heterocycles. The number of hydrogen-bond donors (Lipinski definition) is 1. The number of nitriles is 2. The molecule has 0 atom stereocenters. The number of hydrogen-bond acceptors (Lipinski definition) is 6. The Bertz CT molecular complexity index is 1420. The molecule has 0 radical (unpaired) electrons. The minimum atomic E-state index is 0.613. The van der Waals surface area contributed by atoms with E-state index in [0.717, 1.165) is 73.1 Å². The Morgan fingerprint density at radius 2 is 1.73 bits per heavy atom.